The largest absolute Gasteiger partial charge is 0.384 e. The summed E-state index contributed by atoms with van der Waals surface area (Å²) in [5.41, 5.74) is 2.23. The lowest BCUT2D eigenvalue weighted by Gasteiger charge is -2.09. The Kier molecular flexibility index (Phi) is 4.31. The van der Waals surface area contributed by atoms with Gasteiger partial charge >= 0.3 is 0 Å². The number of aromatic nitrogens is 2. The summed E-state index contributed by atoms with van der Waals surface area (Å²) in [4.78, 5) is 10.1. The Balaban J connectivity index is 1.77. The summed E-state index contributed by atoms with van der Waals surface area (Å²) in [6.07, 6.45) is 3.87. The summed E-state index contributed by atoms with van der Waals surface area (Å²) in [7, 11) is 0. The summed E-state index contributed by atoms with van der Waals surface area (Å²) in [5.74, 6) is 0. The fourth-order valence-corrected chi connectivity index (χ4v) is 3.17. The number of nitrogens with one attached hydrogen (secondary N) is 1. The number of aryl methyl sites for hydroxylation is 1. The molecule has 2 heterocycles. The van der Waals surface area contributed by atoms with E-state index in [9.17, 15) is 0 Å². The maximum atomic E-state index is 9.11. The van der Waals surface area contributed by atoms with E-state index >= 15 is 0 Å². The normalized spacial score (nSPS) is 10.5. The number of pyridine rings is 1. The van der Waals surface area contributed by atoms with E-state index in [1.165, 1.54) is 4.88 Å². The van der Waals surface area contributed by atoms with E-state index in [1.807, 2.05) is 36.5 Å². The third-order valence-corrected chi connectivity index (χ3v) is 4.64. The molecule has 0 radical (unpaired) electrons. The van der Waals surface area contributed by atoms with E-state index in [1.54, 1.807) is 11.3 Å². The summed E-state index contributed by atoms with van der Waals surface area (Å²) < 4.78 is 0. The third kappa shape index (κ3) is 3.07. The van der Waals surface area contributed by atoms with Gasteiger partial charge in [-0.15, -0.1) is 11.3 Å². The number of fused-ring (bicyclic) bond motifs is 1. The van der Waals surface area contributed by atoms with Gasteiger partial charge in [-0.25, -0.2) is 9.97 Å². The van der Waals surface area contributed by atoms with Gasteiger partial charge in [-0.2, -0.15) is 5.26 Å². The second-order valence-electron chi connectivity index (χ2n) is 4.93. The van der Waals surface area contributed by atoms with Crippen LogP contribution >= 0.6 is 11.3 Å². The molecule has 0 saturated carbocycles. The number of para-hydroxylation sites is 1. The van der Waals surface area contributed by atoms with E-state index in [4.69, 9.17) is 5.26 Å². The molecule has 1 N–H and O–H groups in total. The highest BCUT2D eigenvalue weighted by Gasteiger charge is 2.06. The standard InChI is InChI=1S/C17H16N4S/c1-2-13-11-20-17(22-13)7-8-19-16-9-12(10-18)21-15-6-4-3-5-14(15)16/h3-6,9,11H,2,7-8H2,1H3,(H,19,21). The summed E-state index contributed by atoms with van der Waals surface area (Å²) >= 11 is 1.76. The molecule has 1 aromatic carbocycles. The first-order chi connectivity index (χ1) is 10.8. The van der Waals surface area contributed by atoms with E-state index < -0.39 is 0 Å². The van der Waals surface area contributed by atoms with Crippen molar-refractivity contribution in [2.75, 3.05) is 11.9 Å². The highest BCUT2D eigenvalue weighted by molar-refractivity contribution is 7.11. The van der Waals surface area contributed by atoms with Gasteiger partial charge in [-0.1, -0.05) is 25.1 Å². The van der Waals surface area contributed by atoms with E-state index in [-0.39, 0.29) is 0 Å². The molecule has 0 saturated heterocycles. The van der Waals surface area contributed by atoms with Gasteiger partial charge in [-0.05, 0) is 18.6 Å². The van der Waals surface area contributed by atoms with Crippen LogP contribution in [0.5, 0.6) is 0 Å². The first kappa shape index (κ1) is 14.5. The predicted octanol–water partition coefficient (Wildman–Crippen LogP) is 3.78. The fourth-order valence-electron chi connectivity index (χ4n) is 2.31. The van der Waals surface area contributed by atoms with E-state index in [2.05, 4.69) is 28.3 Å². The Morgan fingerprint density at radius 1 is 1.32 bits per heavy atom. The highest BCUT2D eigenvalue weighted by Crippen LogP contribution is 2.23. The molecule has 0 aliphatic carbocycles. The summed E-state index contributed by atoms with van der Waals surface area (Å²) in [6, 6.07) is 11.8. The summed E-state index contributed by atoms with van der Waals surface area (Å²) in [5, 5.41) is 14.7. The third-order valence-electron chi connectivity index (χ3n) is 3.43. The first-order valence-electron chi connectivity index (χ1n) is 7.27. The average molecular weight is 308 g/mol. The van der Waals surface area contributed by atoms with Crippen molar-refractivity contribution < 1.29 is 0 Å². The van der Waals surface area contributed by atoms with Crippen molar-refractivity contribution in [3.8, 4) is 6.07 Å². The molecule has 3 rings (SSSR count). The van der Waals surface area contributed by atoms with Crippen molar-refractivity contribution in [2.45, 2.75) is 19.8 Å². The van der Waals surface area contributed by atoms with Crippen LogP contribution in [0.15, 0.2) is 36.5 Å². The number of nitrogens with zero attached hydrogens (tertiary/aromatic N) is 3. The molecule has 3 aromatic rings. The van der Waals surface area contributed by atoms with E-state index in [0.717, 1.165) is 41.0 Å². The molecule has 0 unspecified atom stereocenters. The Morgan fingerprint density at radius 3 is 2.95 bits per heavy atom. The first-order valence-corrected chi connectivity index (χ1v) is 8.09. The minimum absolute atomic E-state index is 0.434. The van der Waals surface area contributed by atoms with Gasteiger partial charge in [0, 0.05) is 35.1 Å². The van der Waals surface area contributed by atoms with Crippen LogP contribution in [0.1, 0.15) is 22.5 Å². The Morgan fingerprint density at radius 2 is 2.18 bits per heavy atom. The van der Waals surface area contributed by atoms with Crippen LogP contribution in [-0.2, 0) is 12.8 Å². The molecule has 110 valence electrons. The number of hydrogen-bond acceptors (Lipinski definition) is 5. The predicted molar refractivity (Wildman–Crippen MR) is 90.1 cm³/mol. The molecule has 5 heteroatoms. The molecule has 0 atom stereocenters. The van der Waals surface area contributed by atoms with Gasteiger partial charge in [0.25, 0.3) is 0 Å². The van der Waals surface area contributed by atoms with Crippen LogP contribution < -0.4 is 5.32 Å². The molecule has 22 heavy (non-hydrogen) atoms. The van der Waals surface area contributed by atoms with Crippen LogP contribution in [0.2, 0.25) is 0 Å². The van der Waals surface area contributed by atoms with Crippen molar-refractivity contribution in [1.29, 1.82) is 5.26 Å². The number of benzene rings is 1. The molecule has 0 aliphatic rings. The molecule has 0 fully saturated rings. The Bertz CT molecular complexity index is 832. The molecule has 4 nitrogen and oxygen atoms in total. The maximum absolute atomic E-state index is 9.11. The van der Waals surface area contributed by atoms with Crippen LogP contribution in [0.25, 0.3) is 10.9 Å². The molecule has 0 amide bonds. The van der Waals surface area contributed by atoms with Gasteiger partial charge in [0.1, 0.15) is 11.8 Å². The number of thiazole rings is 1. The zero-order valence-electron chi connectivity index (χ0n) is 12.3. The zero-order valence-corrected chi connectivity index (χ0v) is 13.2. The van der Waals surface area contributed by atoms with Gasteiger partial charge in [0.05, 0.1) is 10.5 Å². The Hall–Kier alpha value is -2.45. The van der Waals surface area contributed by atoms with Gasteiger partial charge in [0.2, 0.25) is 0 Å². The zero-order chi connectivity index (χ0) is 15.4. The molecule has 0 spiro atoms. The lowest BCUT2D eigenvalue weighted by atomic mass is 10.1. The number of hydrogen-bond donors (Lipinski definition) is 1. The molecule has 2 aromatic heterocycles. The number of nitriles is 1. The van der Waals surface area contributed by atoms with Crippen LogP contribution in [0, 0.1) is 11.3 Å². The minimum atomic E-state index is 0.434. The number of anilines is 1. The molecule has 0 bridgehead atoms. The van der Waals surface area contributed by atoms with Crippen molar-refractivity contribution in [3.63, 3.8) is 0 Å². The van der Waals surface area contributed by atoms with Gasteiger partial charge in [-0.3, -0.25) is 0 Å². The lowest BCUT2D eigenvalue weighted by Crippen LogP contribution is -2.06. The molecule has 0 aliphatic heterocycles. The molecular weight excluding hydrogens is 292 g/mol. The second kappa shape index (κ2) is 6.54. The van der Waals surface area contributed by atoms with Crippen molar-refractivity contribution in [3.05, 3.63) is 52.1 Å². The molecular formula is C17H16N4S. The SMILES string of the molecule is CCc1cnc(CCNc2cc(C#N)nc3ccccc23)s1. The quantitative estimate of drug-likeness (QED) is 0.779. The topological polar surface area (TPSA) is 61.6 Å². The maximum Gasteiger partial charge on any atom is 0.143 e. The lowest BCUT2D eigenvalue weighted by molar-refractivity contribution is 0.997. The van der Waals surface area contributed by atoms with Crippen molar-refractivity contribution in [1.82, 2.24) is 9.97 Å². The minimum Gasteiger partial charge on any atom is -0.384 e. The average Bonchev–Trinajstić information content (AvgIpc) is 3.02. The highest BCUT2D eigenvalue weighted by atomic mass is 32.1. The fraction of sp³-hybridized carbons (Fsp3) is 0.235. The van der Waals surface area contributed by atoms with Crippen molar-refractivity contribution in [2.24, 2.45) is 0 Å². The van der Waals surface area contributed by atoms with Crippen LogP contribution in [0.3, 0.4) is 0 Å². The summed E-state index contributed by atoms with van der Waals surface area (Å²) in [6.45, 7) is 2.93. The van der Waals surface area contributed by atoms with E-state index in [0.29, 0.717) is 5.69 Å². The van der Waals surface area contributed by atoms with Crippen LogP contribution in [0.4, 0.5) is 5.69 Å². The Labute approximate surface area is 133 Å². The van der Waals surface area contributed by atoms with Gasteiger partial charge < -0.3 is 5.32 Å². The van der Waals surface area contributed by atoms with Crippen LogP contribution in [-0.4, -0.2) is 16.5 Å². The monoisotopic (exact) mass is 308 g/mol. The second-order valence-corrected chi connectivity index (χ2v) is 6.13. The smallest absolute Gasteiger partial charge is 0.143 e. The number of rotatable bonds is 5. The van der Waals surface area contributed by atoms with Crippen molar-refractivity contribution >= 4 is 27.9 Å². The van der Waals surface area contributed by atoms with Gasteiger partial charge in [0.15, 0.2) is 0 Å².